The Hall–Kier alpha value is -4.45. The van der Waals surface area contributed by atoms with Crippen LogP contribution in [-0.4, -0.2) is 50.7 Å². The number of nitrogens with zero attached hydrogens (tertiary/aromatic N) is 4. The normalized spacial score (nSPS) is 15.4. The van der Waals surface area contributed by atoms with E-state index in [1.54, 1.807) is 35.6 Å². The molecule has 0 unspecified atom stereocenters. The Labute approximate surface area is 220 Å². The minimum Gasteiger partial charge on any atom is -0.489 e. The number of likely N-dealkylation sites (tertiary alicyclic amines) is 1. The zero-order chi connectivity index (χ0) is 26.9. The highest BCUT2D eigenvalue weighted by Crippen LogP contribution is 2.41. The van der Waals surface area contributed by atoms with Crippen LogP contribution >= 0.6 is 0 Å². The van der Waals surface area contributed by atoms with Gasteiger partial charge in [-0.15, -0.1) is 0 Å². The fourth-order valence-electron chi connectivity index (χ4n) is 4.73. The molecule has 4 heterocycles. The quantitative estimate of drug-likeness (QED) is 0.347. The molecular weight excluding hydrogens is 485 g/mol. The monoisotopic (exact) mass is 513 g/mol. The van der Waals surface area contributed by atoms with E-state index >= 15 is 4.39 Å². The second-order valence-corrected chi connectivity index (χ2v) is 10.2. The van der Waals surface area contributed by atoms with Crippen molar-refractivity contribution in [3.8, 4) is 34.2 Å². The molecule has 4 aromatic rings. The number of rotatable bonds is 5. The molecule has 1 N–H and O–H groups in total. The molecule has 0 spiro atoms. The maximum atomic E-state index is 15.1. The Morgan fingerprint density at radius 1 is 1.24 bits per heavy atom. The lowest BCUT2D eigenvalue weighted by Crippen LogP contribution is -2.42. The topological polar surface area (TPSA) is 104 Å². The van der Waals surface area contributed by atoms with Gasteiger partial charge in [-0.25, -0.2) is 9.18 Å². The van der Waals surface area contributed by atoms with Crippen LogP contribution in [0.3, 0.4) is 0 Å². The molecule has 1 aliphatic heterocycles. The van der Waals surface area contributed by atoms with Gasteiger partial charge in [-0.05, 0) is 70.0 Å². The maximum absolute atomic E-state index is 15.1. The number of benzene rings is 1. The van der Waals surface area contributed by atoms with E-state index in [2.05, 4.69) is 21.0 Å². The Morgan fingerprint density at radius 2 is 2.08 bits per heavy atom. The fourth-order valence-corrected chi connectivity index (χ4v) is 4.73. The molecular formula is C29H28FN5O3. The number of ether oxygens (including phenoxy) is 2. The van der Waals surface area contributed by atoms with E-state index in [0.29, 0.717) is 45.7 Å². The Morgan fingerprint density at radius 3 is 2.87 bits per heavy atom. The minimum absolute atomic E-state index is 0.147. The molecule has 1 amide bonds. The molecule has 1 saturated heterocycles. The van der Waals surface area contributed by atoms with E-state index in [9.17, 15) is 10.1 Å². The number of nitriles is 1. The summed E-state index contributed by atoms with van der Waals surface area (Å²) in [5.41, 5.74) is 3.10. The van der Waals surface area contributed by atoms with E-state index in [1.807, 2.05) is 26.8 Å². The van der Waals surface area contributed by atoms with Gasteiger partial charge >= 0.3 is 6.09 Å². The molecule has 5 rings (SSSR count). The molecule has 0 saturated carbocycles. The van der Waals surface area contributed by atoms with Crippen molar-refractivity contribution in [2.45, 2.75) is 45.3 Å². The SMILES string of the molecule is CC(C)(C)OC(=O)N1CCC[C@H]1COc1cnccc1-c1[nH]c2cccnc2c1-c1cc(C#N)ccc1F. The lowest BCUT2D eigenvalue weighted by molar-refractivity contribution is 0.0187. The number of halogens is 1. The predicted octanol–water partition coefficient (Wildman–Crippen LogP) is 6.08. The maximum Gasteiger partial charge on any atom is 0.410 e. The number of nitrogens with one attached hydrogen (secondary N) is 1. The van der Waals surface area contributed by atoms with Crippen molar-refractivity contribution in [2.24, 2.45) is 0 Å². The molecule has 9 heteroatoms. The number of hydrogen-bond acceptors (Lipinski definition) is 6. The standard InChI is InChI=1S/C29H28FN5O3/c1-29(2,3)38-28(36)35-13-5-6-19(35)17-37-24-16-32-12-10-20(24)26-25(27-23(34-26)7-4-11-33-27)21-14-18(15-31)8-9-22(21)30/h4,7-12,14,16,19,34H,5-6,13,17H2,1-3H3/t19-/m0/s1. The first-order chi connectivity index (χ1) is 18.2. The number of amides is 1. The summed E-state index contributed by atoms with van der Waals surface area (Å²) in [6.45, 7) is 6.39. The zero-order valence-corrected chi connectivity index (χ0v) is 21.5. The lowest BCUT2D eigenvalue weighted by atomic mass is 9.98. The summed E-state index contributed by atoms with van der Waals surface area (Å²) in [6, 6.07) is 11.6. The van der Waals surface area contributed by atoms with Gasteiger partial charge < -0.3 is 19.4 Å². The zero-order valence-electron chi connectivity index (χ0n) is 21.5. The van der Waals surface area contributed by atoms with Crippen LogP contribution in [0.2, 0.25) is 0 Å². The predicted molar refractivity (Wildman–Crippen MR) is 141 cm³/mol. The summed E-state index contributed by atoms with van der Waals surface area (Å²) in [4.78, 5) is 26.5. The number of aromatic amines is 1. The summed E-state index contributed by atoms with van der Waals surface area (Å²) in [6.07, 6.45) is 6.18. The number of fused-ring (bicyclic) bond motifs is 1. The molecule has 0 radical (unpaired) electrons. The molecule has 0 bridgehead atoms. The van der Waals surface area contributed by atoms with Gasteiger partial charge in [0, 0.05) is 35.6 Å². The van der Waals surface area contributed by atoms with Gasteiger partial charge in [0.05, 0.1) is 40.6 Å². The van der Waals surface area contributed by atoms with Crippen LogP contribution in [0.1, 0.15) is 39.2 Å². The minimum atomic E-state index is -0.584. The third kappa shape index (κ3) is 5.02. The van der Waals surface area contributed by atoms with Crippen LogP contribution in [0.4, 0.5) is 9.18 Å². The largest absolute Gasteiger partial charge is 0.489 e. The molecule has 0 aliphatic carbocycles. The third-order valence-electron chi connectivity index (χ3n) is 6.41. The summed E-state index contributed by atoms with van der Waals surface area (Å²) < 4.78 is 27.0. The van der Waals surface area contributed by atoms with Crippen molar-refractivity contribution < 1.29 is 18.7 Å². The number of H-pyrrole nitrogens is 1. The van der Waals surface area contributed by atoms with Crippen molar-refractivity contribution in [1.29, 1.82) is 5.26 Å². The average molecular weight is 514 g/mol. The molecule has 1 aliphatic rings. The Balaban J connectivity index is 1.51. The van der Waals surface area contributed by atoms with Crippen LogP contribution in [0.5, 0.6) is 5.75 Å². The van der Waals surface area contributed by atoms with Crippen molar-refractivity contribution in [3.63, 3.8) is 0 Å². The van der Waals surface area contributed by atoms with Crippen molar-refractivity contribution in [1.82, 2.24) is 19.9 Å². The van der Waals surface area contributed by atoms with Crippen LogP contribution in [0.25, 0.3) is 33.4 Å². The smallest absolute Gasteiger partial charge is 0.410 e. The summed E-state index contributed by atoms with van der Waals surface area (Å²) >= 11 is 0. The first-order valence-corrected chi connectivity index (χ1v) is 12.5. The van der Waals surface area contributed by atoms with Gasteiger partial charge in [-0.2, -0.15) is 5.26 Å². The second kappa shape index (κ2) is 10.1. The molecule has 38 heavy (non-hydrogen) atoms. The molecule has 1 aromatic carbocycles. The Bertz CT molecular complexity index is 1540. The first-order valence-electron chi connectivity index (χ1n) is 12.5. The lowest BCUT2D eigenvalue weighted by Gasteiger charge is -2.28. The molecule has 3 aromatic heterocycles. The van der Waals surface area contributed by atoms with Gasteiger partial charge in [0.15, 0.2) is 0 Å². The van der Waals surface area contributed by atoms with E-state index in [0.717, 1.165) is 12.8 Å². The van der Waals surface area contributed by atoms with Crippen molar-refractivity contribution in [3.05, 3.63) is 66.4 Å². The van der Waals surface area contributed by atoms with Gasteiger partial charge in [0.25, 0.3) is 0 Å². The van der Waals surface area contributed by atoms with Crippen LogP contribution in [0.15, 0.2) is 55.0 Å². The van der Waals surface area contributed by atoms with E-state index < -0.39 is 11.4 Å². The van der Waals surface area contributed by atoms with Crippen LogP contribution in [0, 0.1) is 17.1 Å². The average Bonchev–Trinajstić information content (AvgIpc) is 3.52. The molecule has 194 valence electrons. The number of carbonyl (C=O) groups excluding carboxylic acids is 1. The highest BCUT2D eigenvalue weighted by atomic mass is 19.1. The van der Waals surface area contributed by atoms with Gasteiger partial charge in [-0.3, -0.25) is 9.97 Å². The fraction of sp³-hybridized carbons (Fsp3) is 0.310. The van der Waals surface area contributed by atoms with E-state index in [-0.39, 0.29) is 24.3 Å². The Kier molecular flexibility index (Phi) is 6.72. The van der Waals surface area contributed by atoms with Gasteiger partial charge in [-0.1, -0.05) is 0 Å². The summed E-state index contributed by atoms with van der Waals surface area (Å²) in [5.74, 6) is 0.0143. The molecule has 1 fully saturated rings. The number of carbonyl (C=O) groups is 1. The number of hydrogen-bond donors (Lipinski definition) is 1. The van der Waals surface area contributed by atoms with E-state index in [4.69, 9.17) is 9.47 Å². The van der Waals surface area contributed by atoms with Crippen LogP contribution < -0.4 is 4.74 Å². The summed E-state index contributed by atoms with van der Waals surface area (Å²) in [5, 5.41) is 9.43. The van der Waals surface area contributed by atoms with Gasteiger partial charge in [0.2, 0.25) is 0 Å². The van der Waals surface area contributed by atoms with Crippen LogP contribution in [-0.2, 0) is 4.74 Å². The van der Waals surface area contributed by atoms with E-state index in [1.165, 1.54) is 18.2 Å². The highest BCUT2D eigenvalue weighted by Gasteiger charge is 2.33. The third-order valence-corrected chi connectivity index (χ3v) is 6.41. The summed E-state index contributed by atoms with van der Waals surface area (Å²) in [7, 11) is 0. The number of aromatic nitrogens is 3. The second-order valence-electron chi connectivity index (χ2n) is 10.2. The molecule has 8 nitrogen and oxygen atoms in total. The van der Waals surface area contributed by atoms with Crippen molar-refractivity contribution >= 4 is 17.1 Å². The highest BCUT2D eigenvalue weighted by molar-refractivity contribution is 6.02. The molecule has 1 atom stereocenters. The van der Waals surface area contributed by atoms with Crippen molar-refractivity contribution in [2.75, 3.05) is 13.2 Å². The first kappa shape index (κ1) is 25.2. The number of pyridine rings is 2. The van der Waals surface area contributed by atoms with Gasteiger partial charge in [0.1, 0.15) is 23.8 Å².